The molecule has 11 heteroatoms. The summed E-state index contributed by atoms with van der Waals surface area (Å²) in [6.07, 6.45) is -1.50. The first-order chi connectivity index (χ1) is 13.6. The van der Waals surface area contributed by atoms with Crippen LogP contribution in [0, 0.1) is 0 Å². The van der Waals surface area contributed by atoms with Crippen LogP contribution in [0.1, 0.15) is 38.4 Å². The number of likely N-dealkylation sites (tertiary alicyclic amines) is 1. The van der Waals surface area contributed by atoms with Gasteiger partial charge in [-0.15, -0.1) is 11.3 Å². The molecular formula is C18H24F3N3O3S2. The fourth-order valence-corrected chi connectivity index (χ4v) is 6.44. The van der Waals surface area contributed by atoms with Gasteiger partial charge in [-0.1, -0.05) is 18.5 Å². The highest BCUT2D eigenvalue weighted by Gasteiger charge is 2.37. The van der Waals surface area contributed by atoms with Crippen molar-refractivity contribution < 1.29 is 26.1 Å². The van der Waals surface area contributed by atoms with Crippen molar-refractivity contribution in [1.82, 2.24) is 14.4 Å². The Hall–Kier alpha value is -1.43. The monoisotopic (exact) mass is 451 g/mol. The van der Waals surface area contributed by atoms with Gasteiger partial charge < -0.3 is 9.42 Å². The van der Waals surface area contributed by atoms with Crippen LogP contribution in [0.5, 0.6) is 0 Å². The molecule has 0 amide bonds. The minimum Gasteiger partial charge on any atom is -0.351 e. The molecule has 0 aromatic carbocycles. The van der Waals surface area contributed by atoms with Crippen molar-refractivity contribution in [3.05, 3.63) is 24.0 Å². The third-order valence-electron chi connectivity index (χ3n) is 5.01. The van der Waals surface area contributed by atoms with Crippen LogP contribution in [0.25, 0.3) is 10.6 Å². The molecule has 1 aliphatic heterocycles. The van der Waals surface area contributed by atoms with E-state index in [4.69, 9.17) is 0 Å². The molecule has 0 unspecified atom stereocenters. The van der Waals surface area contributed by atoms with E-state index in [0.717, 1.165) is 56.2 Å². The molecule has 0 spiro atoms. The van der Waals surface area contributed by atoms with Gasteiger partial charge in [0.15, 0.2) is 0 Å². The smallest absolute Gasteiger partial charge is 0.351 e. The van der Waals surface area contributed by atoms with Crippen molar-refractivity contribution >= 4 is 21.4 Å². The number of rotatable bonds is 7. The number of alkyl halides is 3. The Balaban J connectivity index is 1.86. The van der Waals surface area contributed by atoms with E-state index in [0.29, 0.717) is 11.4 Å². The van der Waals surface area contributed by atoms with Crippen LogP contribution in [-0.4, -0.2) is 55.5 Å². The van der Waals surface area contributed by atoms with Crippen LogP contribution in [0.3, 0.4) is 0 Å². The Labute approximate surface area is 172 Å². The zero-order chi connectivity index (χ0) is 21.2. The lowest BCUT2D eigenvalue weighted by Gasteiger charge is -2.36. The molecule has 0 bridgehead atoms. The Morgan fingerprint density at radius 2 is 2.00 bits per heavy atom. The average Bonchev–Trinajstić information content (AvgIpc) is 3.32. The van der Waals surface area contributed by atoms with Gasteiger partial charge in [0, 0.05) is 18.7 Å². The molecule has 1 saturated heterocycles. The molecule has 2 aromatic rings. The largest absolute Gasteiger partial charge is 0.452 e. The van der Waals surface area contributed by atoms with Crippen molar-refractivity contribution in [2.45, 2.75) is 49.0 Å². The summed E-state index contributed by atoms with van der Waals surface area (Å²) in [6, 6.07) is 3.62. The molecule has 1 aliphatic rings. The van der Waals surface area contributed by atoms with Gasteiger partial charge in [0.2, 0.25) is 5.76 Å². The molecule has 0 N–H and O–H groups in total. The fraction of sp³-hybridized carbons (Fsp3) is 0.611. The van der Waals surface area contributed by atoms with Crippen LogP contribution >= 0.6 is 11.3 Å². The van der Waals surface area contributed by atoms with Gasteiger partial charge in [-0.3, -0.25) is 0 Å². The molecule has 0 radical (unpaired) electrons. The topological polar surface area (TPSA) is 66.7 Å². The van der Waals surface area contributed by atoms with E-state index in [-0.39, 0.29) is 15.9 Å². The van der Waals surface area contributed by atoms with Crippen molar-refractivity contribution in [3.8, 4) is 10.6 Å². The molecule has 162 valence electrons. The molecule has 3 heterocycles. The number of nitrogens with zero attached hydrogens (tertiary/aromatic N) is 3. The predicted octanol–water partition coefficient (Wildman–Crippen LogP) is 4.31. The number of aromatic nitrogens is 1. The highest BCUT2D eigenvalue weighted by Crippen LogP contribution is 2.36. The molecular weight excluding hydrogens is 427 g/mol. The van der Waals surface area contributed by atoms with Gasteiger partial charge >= 0.3 is 6.18 Å². The first-order valence-electron chi connectivity index (χ1n) is 9.47. The molecule has 0 atom stereocenters. The first-order valence-corrected chi connectivity index (χ1v) is 11.7. The van der Waals surface area contributed by atoms with E-state index in [9.17, 15) is 21.6 Å². The Bertz CT molecular complexity index is 916. The standard InChI is InChI=1S/C18H24F3N3O3S2/c1-3-4-9-24(13-7-10-23(2)11-8-13)29(25,26)17-6-5-15(28-17)14-12-16(27-22-14)18(19,20)21/h5-6,12-13H,3-4,7-11H2,1-2H3. The normalized spacial score (nSPS) is 17.3. The number of halogens is 3. The number of piperidine rings is 1. The summed E-state index contributed by atoms with van der Waals surface area (Å²) in [6.45, 7) is 4.10. The lowest BCUT2D eigenvalue weighted by Crippen LogP contribution is -2.46. The third kappa shape index (κ3) is 5.01. The van der Waals surface area contributed by atoms with Crippen molar-refractivity contribution in [3.63, 3.8) is 0 Å². The molecule has 2 aromatic heterocycles. The van der Waals surface area contributed by atoms with Crippen LogP contribution < -0.4 is 0 Å². The van der Waals surface area contributed by atoms with Gasteiger partial charge in [0.1, 0.15) is 9.90 Å². The zero-order valence-corrected chi connectivity index (χ0v) is 17.9. The Morgan fingerprint density at radius 3 is 2.59 bits per heavy atom. The van der Waals surface area contributed by atoms with Crippen LogP contribution in [0.2, 0.25) is 0 Å². The van der Waals surface area contributed by atoms with Crippen LogP contribution in [0.15, 0.2) is 26.9 Å². The number of sulfonamides is 1. The molecule has 3 rings (SSSR count). The molecule has 29 heavy (non-hydrogen) atoms. The Kier molecular flexibility index (Phi) is 6.71. The minimum absolute atomic E-state index is 0.0248. The van der Waals surface area contributed by atoms with Crippen molar-refractivity contribution in [1.29, 1.82) is 0 Å². The maximum absolute atomic E-state index is 13.3. The van der Waals surface area contributed by atoms with Gasteiger partial charge in [0.25, 0.3) is 10.0 Å². The summed E-state index contributed by atoms with van der Waals surface area (Å²) in [5.41, 5.74) is -0.0248. The van der Waals surface area contributed by atoms with E-state index < -0.39 is 22.0 Å². The first kappa shape index (κ1) is 22.3. The summed E-state index contributed by atoms with van der Waals surface area (Å²) < 4.78 is 70.9. The van der Waals surface area contributed by atoms with Crippen molar-refractivity contribution in [2.75, 3.05) is 26.7 Å². The van der Waals surface area contributed by atoms with Crippen LogP contribution in [0.4, 0.5) is 13.2 Å². The van der Waals surface area contributed by atoms with Gasteiger partial charge in [-0.2, -0.15) is 17.5 Å². The average molecular weight is 452 g/mol. The Morgan fingerprint density at radius 1 is 1.31 bits per heavy atom. The van der Waals surface area contributed by atoms with Crippen molar-refractivity contribution in [2.24, 2.45) is 0 Å². The second-order valence-corrected chi connectivity index (χ2v) is 10.4. The summed E-state index contributed by atoms with van der Waals surface area (Å²) in [5, 5.41) is 3.44. The van der Waals surface area contributed by atoms with E-state index in [1.807, 2.05) is 14.0 Å². The summed E-state index contributed by atoms with van der Waals surface area (Å²) in [4.78, 5) is 2.49. The number of hydrogen-bond donors (Lipinski definition) is 0. The predicted molar refractivity (Wildman–Crippen MR) is 104 cm³/mol. The van der Waals surface area contributed by atoms with Gasteiger partial charge in [0.05, 0.1) is 4.88 Å². The molecule has 0 saturated carbocycles. The van der Waals surface area contributed by atoms with Gasteiger partial charge in [-0.25, -0.2) is 8.42 Å². The van der Waals surface area contributed by atoms with E-state index in [1.54, 1.807) is 4.31 Å². The number of unbranched alkanes of at least 4 members (excludes halogenated alkanes) is 1. The fourth-order valence-electron chi connectivity index (χ4n) is 3.33. The third-order valence-corrected chi connectivity index (χ3v) is 8.54. The van der Waals surface area contributed by atoms with E-state index in [2.05, 4.69) is 14.6 Å². The second kappa shape index (κ2) is 8.75. The summed E-state index contributed by atoms with van der Waals surface area (Å²) in [7, 11) is -1.73. The minimum atomic E-state index is -4.64. The lowest BCUT2D eigenvalue weighted by atomic mass is 10.1. The highest BCUT2D eigenvalue weighted by atomic mass is 32.2. The quantitative estimate of drug-likeness (QED) is 0.628. The lowest BCUT2D eigenvalue weighted by molar-refractivity contribution is -0.155. The molecule has 6 nitrogen and oxygen atoms in total. The number of thiophene rings is 1. The maximum Gasteiger partial charge on any atom is 0.452 e. The zero-order valence-electron chi connectivity index (χ0n) is 16.3. The van der Waals surface area contributed by atoms with Crippen LogP contribution in [-0.2, 0) is 16.2 Å². The molecule has 0 aliphatic carbocycles. The highest BCUT2D eigenvalue weighted by molar-refractivity contribution is 7.91. The summed E-state index contributed by atoms with van der Waals surface area (Å²) >= 11 is 0.913. The summed E-state index contributed by atoms with van der Waals surface area (Å²) in [5.74, 6) is -1.21. The molecule has 1 fully saturated rings. The number of hydrogen-bond acceptors (Lipinski definition) is 6. The van der Waals surface area contributed by atoms with E-state index in [1.165, 1.54) is 12.1 Å². The SMILES string of the molecule is CCCCN(C1CCN(C)CC1)S(=O)(=O)c1ccc(-c2cc(C(F)(F)F)on2)s1. The van der Waals surface area contributed by atoms with E-state index >= 15 is 0 Å². The van der Waals surface area contributed by atoms with Gasteiger partial charge in [-0.05, 0) is 51.5 Å². The second-order valence-electron chi connectivity index (χ2n) is 7.20. The maximum atomic E-state index is 13.3.